The highest BCUT2D eigenvalue weighted by Gasteiger charge is 2.02. The summed E-state index contributed by atoms with van der Waals surface area (Å²) in [5, 5.41) is 11.6. The van der Waals surface area contributed by atoms with Crippen LogP contribution in [-0.4, -0.2) is 21.1 Å². The quantitative estimate of drug-likeness (QED) is 0.511. The van der Waals surface area contributed by atoms with Gasteiger partial charge in [-0.15, -0.1) is 22.6 Å². The van der Waals surface area contributed by atoms with Gasteiger partial charge in [0.05, 0.1) is 6.21 Å². The molecule has 0 saturated heterocycles. The molecular weight excluding hydrogens is 320 g/mol. The normalized spacial score (nSPS) is 10.3. The lowest BCUT2D eigenvalue weighted by Crippen LogP contribution is -2.13. The van der Waals surface area contributed by atoms with Crippen LogP contribution in [0.2, 0.25) is 0 Å². The van der Waals surface area contributed by atoms with Gasteiger partial charge in [-0.3, -0.25) is 0 Å². The molecular formula is C10H12BrClN6. The fraction of sp³-hybridized carbons (Fsp3) is 0.100. The van der Waals surface area contributed by atoms with E-state index in [0.717, 1.165) is 10.0 Å². The second-order valence-corrected chi connectivity index (χ2v) is 4.28. The molecule has 0 unspecified atom stereocenters. The highest BCUT2D eigenvalue weighted by molar-refractivity contribution is 9.10. The van der Waals surface area contributed by atoms with Crippen LogP contribution in [0.3, 0.4) is 0 Å². The molecule has 18 heavy (non-hydrogen) atoms. The third kappa shape index (κ3) is 3.44. The van der Waals surface area contributed by atoms with Gasteiger partial charge in [-0.2, -0.15) is 5.10 Å². The topological polar surface area (TPSA) is 81.1 Å². The first kappa shape index (κ1) is 14.5. The fourth-order valence-electron chi connectivity index (χ4n) is 1.20. The molecule has 0 bridgehead atoms. The van der Waals surface area contributed by atoms with Crippen LogP contribution >= 0.6 is 28.3 Å². The van der Waals surface area contributed by atoms with Crippen molar-refractivity contribution in [3.8, 4) is 0 Å². The molecule has 0 spiro atoms. The van der Waals surface area contributed by atoms with Crippen LogP contribution < -0.4 is 11.3 Å². The van der Waals surface area contributed by atoms with Gasteiger partial charge in [0.15, 0.2) is 5.82 Å². The van der Waals surface area contributed by atoms with E-state index in [1.54, 1.807) is 13.1 Å². The molecule has 0 aliphatic heterocycles. The van der Waals surface area contributed by atoms with Gasteiger partial charge >= 0.3 is 0 Å². The number of benzene rings is 1. The number of anilines is 1. The second-order valence-electron chi connectivity index (χ2n) is 3.37. The van der Waals surface area contributed by atoms with Gasteiger partial charge in [0, 0.05) is 4.47 Å². The Morgan fingerprint density at radius 3 is 2.83 bits per heavy atom. The van der Waals surface area contributed by atoms with Gasteiger partial charge < -0.3 is 5.84 Å². The Balaban J connectivity index is 0.00000162. The molecule has 6 nitrogen and oxygen atoms in total. The van der Waals surface area contributed by atoms with Crippen molar-refractivity contribution in [2.75, 3.05) is 11.3 Å². The predicted octanol–water partition coefficient (Wildman–Crippen LogP) is 1.93. The monoisotopic (exact) mass is 330 g/mol. The van der Waals surface area contributed by atoms with Crippen molar-refractivity contribution in [1.82, 2.24) is 14.9 Å². The van der Waals surface area contributed by atoms with Gasteiger partial charge in [0.25, 0.3) is 5.95 Å². The number of nitrogen functional groups attached to an aromatic ring is 1. The minimum absolute atomic E-state index is 0. The Labute approximate surface area is 119 Å². The number of nitrogens with zero attached hydrogens (tertiary/aromatic N) is 4. The second kappa shape index (κ2) is 6.36. The molecule has 96 valence electrons. The van der Waals surface area contributed by atoms with Gasteiger partial charge in [0.2, 0.25) is 0 Å². The number of hydrogen-bond donors (Lipinski definition) is 2. The van der Waals surface area contributed by atoms with E-state index >= 15 is 0 Å². The third-order valence-corrected chi connectivity index (χ3v) is 2.59. The van der Waals surface area contributed by atoms with Crippen LogP contribution in [-0.2, 0) is 0 Å². The van der Waals surface area contributed by atoms with Crippen molar-refractivity contribution < 1.29 is 0 Å². The van der Waals surface area contributed by atoms with Crippen molar-refractivity contribution in [1.29, 1.82) is 0 Å². The maximum absolute atomic E-state index is 5.65. The minimum Gasteiger partial charge on any atom is -0.335 e. The first-order valence-electron chi connectivity index (χ1n) is 4.88. The Morgan fingerprint density at radius 2 is 2.22 bits per heavy atom. The number of aromatic nitrogens is 3. The highest BCUT2D eigenvalue weighted by atomic mass is 79.9. The van der Waals surface area contributed by atoms with Crippen LogP contribution in [0.1, 0.15) is 11.4 Å². The molecule has 3 N–H and O–H groups in total. The van der Waals surface area contributed by atoms with Crippen LogP contribution in [0.25, 0.3) is 0 Å². The average Bonchev–Trinajstić information content (AvgIpc) is 2.61. The van der Waals surface area contributed by atoms with E-state index in [2.05, 4.69) is 36.7 Å². The molecule has 0 saturated carbocycles. The van der Waals surface area contributed by atoms with Crippen LogP contribution in [0, 0.1) is 6.92 Å². The lowest BCUT2D eigenvalue weighted by atomic mass is 10.2. The molecule has 1 aromatic carbocycles. The molecule has 0 fully saturated rings. The molecule has 0 atom stereocenters. The number of nitrogens with two attached hydrogens (primary N) is 1. The van der Waals surface area contributed by atoms with Crippen molar-refractivity contribution in [2.24, 2.45) is 5.10 Å². The molecule has 2 rings (SSSR count). The number of rotatable bonds is 3. The molecule has 0 amide bonds. The SMILES string of the molecule is Cc1nnc(N/N=C\c2cccc(Br)c2)n1N.Cl. The molecule has 0 aliphatic carbocycles. The van der Waals surface area contributed by atoms with Crippen molar-refractivity contribution >= 4 is 40.5 Å². The summed E-state index contributed by atoms with van der Waals surface area (Å²) in [4.78, 5) is 0. The molecule has 2 aromatic rings. The van der Waals surface area contributed by atoms with Gasteiger partial charge in [-0.05, 0) is 24.6 Å². The first-order chi connectivity index (χ1) is 8.16. The third-order valence-electron chi connectivity index (χ3n) is 2.09. The lowest BCUT2D eigenvalue weighted by Gasteiger charge is -1.99. The Morgan fingerprint density at radius 1 is 1.44 bits per heavy atom. The predicted molar refractivity (Wildman–Crippen MR) is 77.5 cm³/mol. The average molecular weight is 332 g/mol. The smallest absolute Gasteiger partial charge is 0.263 e. The Bertz CT molecular complexity index is 553. The number of aryl methyl sites for hydroxylation is 1. The van der Waals surface area contributed by atoms with Gasteiger partial charge in [-0.25, -0.2) is 10.1 Å². The largest absolute Gasteiger partial charge is 0.335 e. The van der Waals surface area contributed by atoms with Gasteiger partial charge in [0.1, 0.15) is 0 Å². The van der Waals surface area contributed by atoms with Crippen LogP contribution in [0.4, 0.5) is 5.95 Å². The van der Waals surface area contributed by atoms with E-state index in [4.69, 9.17) is 5.84 Å². The number of halogens is 2. The summed E-state index contributed by atoms with van der Waals surface area (Å²) in [6, 6.07) is 7.77. The van der Waals surface area contributed by atoms with E-state index in [0.29, 0.717) is 11.8 Å². The zero-order chi connectivity index (χ0) is 12.3. The number of hydrogen-bond acceptors (Lipinski definition) is 5. The molecule has 0 aliphatic rings. The van der Waals surface area contributed by atoms with Gasteiger partial charge in [-0.1, -0.05) is 28.1 Å². The summed E-state index contributed by atoms with van der Waals surface area (Å²) in [6.45, 7) is 1.76. The zero-order valence-electron chi connectivity index (χ0n) is 9.54. The summed E-state index contributed by atoms with van der Waals surface area (Å²) in [5.74, 6) is 6.67. The van der Waals surface area contributed by atoms with E-state index in [1.165, 1.54) is 4.68 Å². The van der Waals surface area contributed by atoms with Crippen LogP contribution in [0.15, 0.2) is 33.8 Å². The molecule has 8 heteroatoms. The summed E-state index contributed by atoms with van der Waals surface area (Å²) < 4.78 is 2.33. The fourth-order valence-corrected chi connectivity index (χ4v) is 1.61. The lowest BCUT2D eigenvalue weighted by molar-refractivity contribution is 0.926. The standard InChI is InChI=1S/C10H11BrN6.ClH/c1-7-14-16-10(17(7)12)15-13-6-8-3-2-4-9(11)5-8;/h2-6H,12H2,1H3,(H,15,16);1H/b13-6-;. The first-order valence-corrected chi connectivity index (χ1v) is 5.68. The maximum Gasteiger partial charge on any atom is 0.263 e. The summed E-state index contributed by atoms with van der Waals surface area (Å²) in [6.07, 6.45) is 1.68. The number of hydrazone groups is 1. The van der Waals surface area contributed by atoms with E-state index in [9.17, 15) is 0 Å². The summed E-state index contributed by atoms with van der Waals surface area (Å²) in [5.41, 5.74) is 3.68. The van der Waals surface area contributed by atoms with Crippen LogP contribution in [0.5, 0.6) is 0 Å². The van der Waals surface area contributed by atoms with Crippen molar-refractivity contribution in [3.63, 3.8) is 0 Å². The maximum atomic E-state index is 5.65. The minimum atomic E-state index is 0. The zero-order valence-corrected chi connectivity index (χ0v) is 11.9. The summed E-state index contributed by atoms with van der Waals surface area (Å²) in [7, 11) is 0. The van der Waals surface area contributed by atoms with Crippen molar-refractivity contribution in [3.05, 3.63) is 40.1 Å². The number of nitrogens with one attached hydrogen (secondary N) is 1. The highest BCUT2D eigenvalue weighted by Crippen LogP contribution is 2.10. The molecule has 1 heterocycles. The Hall–Kier alpha value is -1.60. The summed E-state index contributed by atoms with van der Waals surface area (Å²) >= 11 is 3.39. The van der Waals surface area contributed by atoms with E-state index in [1.807, 2.05) is 24.3 Å². The van der Waals surface area contributed by atoms with E-state index < -0.39 is 0 Å². The van der Waals surface area contributed by atoms with E-state index in [-0.39, 0.29) is 12.4 Å². The molecule has 1 aromatic heterocycles. The Kier molecular flexibility index (Phi) is 5.11. The molecule has 0 radical (unpaired) electrons. The van der Waals surface area contributed by atoms with Crippen molar-refractivity contribution in [2.45, 2.75) is 6.92 Å².